The highest BCUT2D eigenvalue weighted by Crippen LogP contribution is 2.58. The van der Waals surface area contributed by atoms with Crippen LogP contribution in [0, 0.1) is 28.1 Å². The van der Waals surface area contributed by atoms with Crippen LogP contribution in [-0.4, -0.2) is 112 Å². The molecule has 2 aromatic carbocycles. The number of nitrogens with zero attached hydrogens (tertiary/aromatic N) is 7. The number of ether oxygens (including phenoxy) is 1. The van der Waals surface area contributed by atoms with Gasteiger partial charge in [-0.1, -0.05) is 39.3 Å². The maximum Gasteiger partial charge on any atom is 0.262 e. The number of likely N-dealkylation sites (tertiary alicyclic amines) is 1. The van der Waals surface area contributed by atoms with E-state index in [1.54, 1.807) is 36.4 Å². The molecule has 15 heteroatoms. The Morgan fingerprint density at radius 2 is 1.60 bits per heavy atom. The lowest BCUT2D eigenvalue weighted by atomic mass is 9.48. The number of piperidine rings is 3. The highest BCUT2D eigenvalue weighted by molar-refractivity contribution is 6.31. The summed E-state index contributed by atoms with van der Waals surface area (Å²) in [6, 6.07) is 15.0. The number of carbonyl (C=O) groups is 5. The first kappa shape index (κ1) is 39.9. The maximum atomic E-state index is 14.4. The van der Waals surface area contributed by atoms with Crippen LogP contribution in [0.25, 0.3) is 0 Å². The van der Waals surface area contributed by atoms with Gasteiger partial charge >= 0.3 is 0 Å². The molecule has 6 fully saturated rings. The molecule has 3 aromatic rings. The van der Waals surface area contributed by atoms with Crippen LogP contribution in [-0.2, 0) is 9.59 Å². The molecule has 7 heterocycles. The van der Waals surface area contributed by atoms with Crippen LogP contribution in [0.4, 0.5) is 11.5 Å². The van der Waals surface area contributed by atoms with Gasteiger partial charge in [-0.2, -0.15) is 5.26 Å². The predicted molar refractivity (Wildman–Crippen MR) is 223 cm³/mol. The molecule has 7 aliphatic rings. The van der Waals surface area contributed by atoms with Crippen LogP contribution in [0.5, 0.6) is 5.75 Å². The monoisotopic (exact) mass is 832 g/mol. The lowest BCUT2D eigenvalue weighted by Gasteiger charge is -2.65. The third-order valence-corrected chi connectivity index (χ3v) is 14.4. The van der Waals surface area contributed by atoms with Gasteiger partial charge in [0.05, 0.1) is 33.3 Å². The number of nitrogens with two attached hydrogens (primary N) is 1. The van der Waals surface area contributed by atoms with E-state index < -0.39 is 52.6 Å². The molecule has 0 spiro atoms. The number of halogens is 1. The quantitative estimate of drug-likeness (QED) is 0.291. The van der Waals surface area contributed by atoms with Gasteiger partial charge in [-0.15, -0.1) is 0 Å². The summed E-state index contributed by atoms with van der Waals surface area (Å²) in [7, 11) is 0. The number of primary amides is 1. The molecule has 1 saturated carbocycles. The van der Waals surface area contributed by atoms with E-state index in [1.165, 1.54) is 11.1 Å². The normalized spacial score (nSPS) is 27.3. The Morgan fingerprint density at radius 3 is 2.23 bits per heavy atom. The van der Waals surface area contributed by atoms with Crippen molar-refractivity contribution in [3.8, 4) is 11.8 Å². The van der Waals surface area contributed by atoms with Gasteiger partial charge in [0, 0.05) is 80.0 Å². The van der Waals surface area contributed by atoms with Crippen molar-refractivity contribution in [1.29, 1.82) is 5.26 Å². The minimum Gasteiger partial charge on any atom is -0.489 e. The van der Waals surface area contributed by atoms with Gasteiger partial charge in [0.25, 0.3) is 17.7 Å². The highest BCUT2D eigenvalue weighted by atomic mass is 35.5. The third kappa shape index (κ3) is 6.39. The fourth-order valence-corrected chi connectivity index (χ4v) is 11.7. The maximum absolute atomic E-state index is 14.4. The number of carbonyl (C=O) groups excluding carboxylic acids is 5. The van der Waals surface area contributed by atoms with E-state index in [0.717, 1.165) is 68.4 Å². The Kier molecular flexibility index (Phi) is 9.71. The number of hydrogen-bond donors (Lipinski definition) is 1. The van der Waals surface area contributed by atoms with Gasteiger partial charge in [0.2, 0.25) is 11.8 Å². The molecule has 10 rings (SSSR count). The molecule has 1 aliphatic carbocycles. The van der Waals surface area contributed by atoms with Crippen LogP contribution in [0.3, 0.4) is 0 Å². The van der Waals surface area contributed by atoms with Crippen LogP contribution >= 0.6 is 11.6 Å². The Morgan fingerprint density at radius 1 is 0.900 bits per heavy atom. The molecule has 14 nitrogen and oxygen atoms in total. The summed E-state index contributed by atoms with van der Waals surface area (Å²) in [5.41, 5.74) is 6.15. The van der Waals surface area contributed by atoms with Crippen LogP contribution in [0.15, 0.2) is 54.7 Å². The van der Waals surface area contributed by atoms with Crippen molar-refractivity contribution >= 4 is 52.6 Å². The molecule has 6 aliphatic heterocycles. The lowest BCUT2D eigenvalue weighted by Crippen LogP contribution is -2.77. The molecule has 5 saturated heterocycles. The van der Waals surface area contributed by atoms with Gasteiger partial charge in [0.15, 0.2) is 0 Å². The fraction of sp³-hybridized carbons (Fsp3) is 0.489. The van der Waals surface area contributed by atoms with Crippen molar-refractivity contribution in [1.82, 2.24) is 19.7 Å². The number of anilines is 2. The van der Waals surface area contributed by atoms with E-state index in [-0.39, 0.29) is 34.9 Å². The van der Waals surface area contributed by atoms with E-state index >= 15 is 0 Å². The molecule has 312 valence electrons. The summed E-state index contributed by atoms with van der Waals surface area (Å²) in [5.74, 6) is -0.477. The minimum atomic E-state index is -1.11. The summed E-state index contributed by atoms with van der Waals surface area (Å²) in [5, 5.41) is 9.56. The Balaban J connectivity index is 0.835. The van der Waals surface area contributed by atoms with Crippen molar-refractivity contribution in [3.63, 3.8) is 0 Å². The molecule has 60 heavy (non-hydrogen) atoms. The number of rotatable bonds is 9. The molecular weight excluding hydrogens is 784 g/mol. The standard InChI is InChI=1S/C45H49ClN8O6/c1-44(2)42(45(3,4)43(44)60-31-8-5-26(20-47)34(46)19-31)54-37(55)12-10-35(41(54)59)53-39(57)32-9-7-28(18-33(32)40(53)58)51-23-29-17-30(24-51)52(29)22-25-13-15-50(16-14-25)36-11-6-27(21-49-36)38(48)56/h5-9,11,18-19,21,25,29-30,35,42-43H,10,12-17,22-24H2,1-4H3,(H2,48,56)/t29-,30-,35-,42?,43?/m1/s1. The topological polar surface area (TPSA) is 173 Å². The first-order valence-corrected chi connectivity index (χ1v) is 21.2. The number of aromatic nitrogens is 1. The number of nitriles is 1. The number of pyridine rings is 1. The SMILES string of the molecule is CC1(C)C(Oc2ccc(C#N)c(Cl)c2)C(C)(C)C1N1C(=O)CC[C@@H](N2C(=O)c3ccc(N4C[C@H]5C[C@H](C4)N5CC4CCN(c5ccc(C(N)=O)cn5)CC4)cc3C2=O)C1=O. The van der Waals surface area contributed by atoms with E-state index in [1.807, 2.05) is 45.9 Å². The molecule has 0 unspecified atom stereocenters. The molecular formula is C45H49ClN8O6. The van der Waals surface area contributed by atoms with E-state index in [9.17, 15) is 29.2 Å². The van der Waals surface area contributed by atoms with Gasteiger partial charge < -0.3 is 20.3 Å². The van der Waals surface area contributed by atoms with Crippen LogP contribution in [0.2, 0.25) is 5.02 Å². The second-order valence-electron chi connectivity index (χ2n) is 18.5. The van der Waals surface area contributed by atoms with Gasteiger partial charge in [-0.25, -0.2) is 4.98 Å². The Hall–Kier alpha value is -5.52. The number of hydrogen-bond acceptors (Lipinski definition) is 11. The van der Waals surface area contributed by atoms with Crippen LogP contribution in [0.1, 0.15) is 96.4 Å². The minimum absolute atomic E-state index is 0.0179. The highest BCUT2D eigenvalue weighted by Gasteiger charge is 2.68. The molecule has 2 N–H and O–H groups in total. The van der Waals surface area contributed by atoms with Crippen molar-refractivity contribution in [2.45, 2.75) is 90.1 Å². The molecule has 2 bridgehead atoms. The number of fused-ring (bicyclic) bond motifs is 3. The Bertz CT molecular complexity index is 2330. The molecule has 3 atom stereocenters. The largest absolute Gasteiger partial charge is 0.489 e. The summed E-state index contributed by atoms with van der Waals surface area (Å²) >= 11 is 6.28. The average Bonchev–Trinajstić information content (AvgIpc) is 3.48. The lowest BCUT2D eigenvalue weighted by molar-refractivity contribution is -0.216. The zero-order valence-corrected chi connectivity index (χ0v) is 35.0. The van der Waals surface area contributed by atoms with Gasteiger partial charge in [-0.3, -0.25) is 38.7 Å². The summed E-state index contributed by atoms with van der Waals surface area (Å²) in [6.07, 6.45) is 4.45. The molecule has 1 aromatic heterocycles. The first-order valence-electron chi connectivity index (χ1n) is 20.8. The predicted octanol–water partition coefficient (Wildman–Crippen LogP) is 4.88. The van der Waals surface area contributed by atoms with Crippen LogP contribution < -0.4 is 20.3 Å². The van der Waals surface area contributed by atoms with Gasteiger partial charge in [-0.05, 0) is 74.1 Å². The van der Waals surface area contributed by atoms with Gasteiger partial charge in [0.1, 0.15) is 29.8 Å². The van der Waals surface area contributed by atoms with E-state index in [2.05, 4.69) is 19.7 Å². The number of amides is 5. The summed E-state index contributed by atoms with van der Waals surface area (Å²) in [6.45, 7) is 12.3. The second kappa shape index (κ2) is 14.6. The van der Waals surface area contributed by atoms with E-state index in [0.29, 0.717) is 34.9 Å². The number of piperazine rings is 1. The van der Waals surface area contributed by atoms with Crippen molar-refractivity contribution in [3.05, 3.63) is 82.0 Å². The first-order chi connectivity index (χ1) is 28.6. The zero-order chi connectivity index (χ0) is 42.4. The van der Waals surface area contributed by atoms with E-state index in [4.69, 9.17) is 22.1 Å². The third-order valence-electron chi connectivity index (χ3n) is 14.1. The summed E-state index contributed by atoms with van der Waals surface area (Å²) < 4.78 is 6.41. The average molecular weight is 833 g/mol. The van der Waals surface area contributed by atoms with Crippen molar-refractivity contribution < 1.29 is 28.7 Å². The molecule has 5 amide bonds. The fourth-order valence-electron chi connectivity index (χ4n) is 11.5. The molecule has 0 radical (unpaired) electrons. The second-order valence-corrected chi connectivity index (χ2v) is 18.9. The number of benzene rings is 2. The van der Waals surface area contributed by atoms with Crippen molar-refractivity contribution in [2.24, 2.45) is 22.5 Å². The summed E-state index contributed by atoms with van der Waals surface area (Å²) in [4.78, 5) is 81.6. The number of imide groups is 2. The smallest absolute Gasteiger partial charge is 0.262 e. The van der Waals surface area contributed by atoms with Crippen molar-refractivity contribution in [2.75, 3.05) is 42.5 Å². The zero-order valence-electron chi connectivity index (χ0n) is 34.3. The Labute approximate surface area is 354 Å².